The Morgan fingerprint density at radius 3 is 2.44 bits per heavy atom. The molecule has 2 rings (SSSR count). The summed E-state index contributed by atoms with van der Waals surface area (Å²) in [5.41, 5.74) is 0.332. The van der Waals surface area contributed by atoms with Crippen molar-refractivity contribution in [2.45, 2.75) is 19.4 Å². The summed E-state index contributed by atoms with van der Waals surface area (Å²) in [6, 6.07) is 12.1. The first-order valence-electron chi connectivity index (χ1n) is 7.85. The topological polar surface area (TPSA) is 86.6 Å². The highest BCUT2D eigenvalue weighted by molar-refractivity contribution is 6.04. The molecule has 1 N–H and O–H groups in total. The van der Waals surface area contributed by atoms with Gasteiger partial charge in [-0.15, -0.1) is 0 Å². The van der Waals surface area contributed by atoms with E-state index in [1.165, 1.54) is 0 Å². The molecule has 0 radical (unpaired) electrons. The molecule has 132 valence electrons. The van der Waals surface area contributed by atoms with Crippen LogP contribution >= 0.6 is 0 Å². The number of aromatic nitrogens is 1. The molecule has 0 spiro atoms. The SMILES string of the molecule is CC[C@H](Oc1ccccc1)C(=O)OCC(=O)NC(=O)c1cccn1C. The minimum atomic E-state index is -0.821. The van der Waals surface area contributed by atoms with Crippen LogP contribution in [0.5, 0.6) is 5.75 Å². The van der Waals surface area contributed by atoms with Crippen LogP contribution in [0.3, 0.4) is 0 Å². The lowest BCUT2D eigenvalue weighted by Crippen LogP contribution is -2.37. The molecule has 2 amide bonds. The summed E-state index contributed by atoms with van der Waals surface area (Å²) in [5.74, 6) is -1.38. The van der Waals surface area contributed by atoms with Crippen molar-refractivity contribution < 1.29 is 23.9 Å². The van der Waals surface area contributed by atoms with Crippen molar-refractivity contribution >= 4 is 17.8 Å². The second-order valence-electron chi connectivity index (χ2n) is 5.32. The van der Waals surface area contributed by atoms with E-state index in [0.717, 1.165) is 0 Å². The van der Waals surface area contributed by atoms with Crippen LogP contribution in [0.25, 0.3) is 0 Å². The Labute approximate surface area is 145 Å². The van der Waals surface area contributed by atoms with Gasteiger partial charge in [0.2, 0.25) is 0 Å². The van der Waals surface area contributed by atoms with E-state index in [2.05, 4.69) is 5.32 Å². The van der Waals surface area contributed by atoms with E-state index in [0.29, 0.717) is 17.9 Å². The number of nitrogens with zero attached hydrogens (tertiary/aromatic N) is 1. The first-order valence-corrected chi connectivity index (χ1v) is 7.85. The molecule has 1 aromatic heterocycles. The second kappa shape index (κ2) is 8.68. The number of esters is 1. The van der Waals surface area contributed by atoms with Crippen LogP contribution in [0, 0.1) is 0 Å². The van der Waals surface area contributed by atoms with E-state index >= 15 is 0 Å². The van der Waals surface area contributed by atoms with Crippen molar-refractivity contribution in [3.05, 3.63) is 54.4 Å². The van der Waals surface area contributed by atoms with E-state index in [1.807, 2.05) is 6.07 Å². The summed E-state index contributed by atoms with van der Waals surface area (Å²) in [5, 5.41) is 2.17. The number of hydrogen-bond acceptors (Lipinski definition) is 5. The quantitative estimate of drug-likeness (QED) is 0.772. The predicted molar refractivity (Wildman–Crippen MR) is 90.0 cm³/mol. The number of imide groups is 1. The molecule has 0 unspecified atom stereocenters. The van der Waals surface area contributed by atoms with Gasteiger partial charge in [0.05, 0.1) is 0 Å². The summed E-state index contributed by atoms with van der Waals surface area (Å²) in [4.78, 5) is 35.7. The minimum Gasteiger partial charge on any atom is -0.479 e. The van der Waals surface area contributed by atoms with Crippen molar-refractivity contribution in [1.29, 1.82) is 0 Å². The Kier molecular flexibility index (Phi) is 6.33. The lowest BCUT2D eigenvalue weighted by atomic mass is 10.2. The van der Waals surface area contributed by atoms with Crippen molar-refractivity contribution in [3.8, 4) is 5.75 Å². The molecule has 0 aliphatic carbocycles. The fraction of sp³-hybridized carbons (Fsp3) is 0.278. The third-order valence-electron chi connectivity index (χ3n) is 3.43. The number of carbonyl (C=O) groups is 3. The average molecular weight is 344 g/mol. The van der Waals surface area contributed by atoms with Crippen LogP contribution in [0.2, 0.25) is 0 Å². The van der Waals surface area contributed by atoms with Crippen molar-refractivity contribution in [2.75, 3.05) is 6.61 Å². The Hall–Kier alpha value is -3.09. The maximum absolute atomic E-state index is 12.0. The maximum Gasteiger partial charge on any atom is 0.347 e. The van der Waals surface area contributed by atoms with Crippen molar-refractivity contribution in [1.82, 2.24) is 9.88 Å². The predicted octanol–water partition coefficient (Wildman–Crippen LogP) is 1.68. The average Bonchev–Trinajstić information content (AvgIpc) is 3.04. The fourth-order valence-corrected chi connectivity index (χ4v) is 2.11. The van der Waals surface area contributed by atoms with Gasteiger partial charge < -0.3 is 14.0 Å². The normalized spacial score (nSPS) is 11.4. The van der Waals surface area contributed by atoms with Gasteiger partial charge in [-0.25, -0.2) is 4.79 Å². The van der Waals surface area contributed by atoms with Gasteiger partial charge in [-0.05, 0) is 30.7 Å². The van der Waals surface area contributed by atoms with Gasteiger partial charge in [-0.2, -0.15) is 0 Å². The first-order chi connectivity index (χ1) is 12.0. The molecule has 0 fully saturated rings. The van der Waals surface area contributed by atoms with Crippen LogP contribution < -0.4 is 10.1 Å². The first kappa shape index (κ1) is 18.3. The van der Waals surface area contributed by atoms with Crippen molar-refractivity contribution in [3.63, 3.8) is 0 Å². The Balaban J connectivity index is 1.82. The van der Waals surface area contributed by atoms with Crippen LogP contribution in [0.15, 0.2) is 48.7 Å². The molecule has 7 heteroatoms. The molecule has 7 nitrogen and oxygen atoms in total. The third kappa shape index (κ3) is 5.20. The summed E-state index contributed by atoms with van der Waals surface area (Å²) >= 11 is 0. The van der Waals surface area contributed by atoms with Gasteiger partial charge in [0.1, 0.15) is 11.4 Å². The smallest absolute Gasteiger partial charge is 0.347 e. The summed E-state index contributed by atoms with van der Waals surface area (Å²) in [6.45, 7) is 1.22. The van der Waals surface area contributed by atoms with E-state index in [-0.39, 0.29) is 0 Å². The molecule has 0 aliphatic heterocycles. The molecule has 0 aliphatic rings. The lowest BCUT2D eigenvalue weighted by molar-refractivity contribution is -0.155. The molecular weight excluding hydrogens is 324 g/mol. The number of benzene rings is 1. The molecule has 25 heavy (non-hydrogen) atoms. The van der Waals surface area contributed by atoms with Crippen LogP contribution in [0.1, 0.15) is 23.8 Å². The van der Waals surface area contributed by atoms with Crippen LogP contribution in [-0.2, 0) is 21.4 Å². The van der Waals surface area contributed by atoms with E-state index < -0.39 is 30.5 Å². The Morgan fingerprint density at radius 1 is 1.12 bits per heavy atom. The zero-order valence-electron chi connectivity index (χ0n) is 14.1. The standard InChI is InChI=1S/C18H20N2O5/c1-3-15(25-13-8-5-4-6-9-13)18(23)24-12-16(21)19-17(22)14-10-7-11-20(14)2/h4-11,15H,3,12H2,1-2H3,(H,19,21,22)/t15-/m0/s1. The van der Waals surface area contributed by atoms with Gasteiger partial charge in [0.25, 0.3) is 11.8 Å². The Morgan fingerprint density at radius 2 is 1.84 bits per heavy atom. The molecule has 1 heterocycles. The summed E-state index contributed by atoms with van der Waals surface area (Å²) in [6.07, 6.45) is 1.25. The minimum absolute atomic E-state index is 0.332. The summed E-state index contributed by atoms with van der Waals surface area (Å²) < 4.78 is 12.1. The number of para-hydroxylation sites is 1. The van der Waals surface area contributed by atoms with Gasteiger partial charge in [0, 0.05) is 13.2 Å². The second-order valence-corrected chi connectivity index (χ2v) is 5.32. The number of carbonyl (C=O) groups excluding carboxylic acids is 3. The van der Waals surface area contributed by atoms with Crippen LogP contribution in [-0.4, -0.2) is 35.1 Å². The number of rotatable bonds is 7. The number of ether oxygens (including phenoxy) is 2. The zero-order valence-corrected chi connectivity index (χ0v) is 14.1. The van der Waals surface area contributed by atoms with Crippen molar-refractivity contribution in [2.24, 2.45) is 7.05 Å². The van der Waals surface area contributed by atoms with Gasteiger partial charge in [0.15, 0.2) is 12.7 Å². The highest BCUT2D eigenvalue weighted by Crippen LogP contribution is 2.13. The molecule has 0 bridgehead atoms. The van der Waals surface area contributed by atoms with E-state index in [1.54, 1.807) is 61.1 Å². The van der Waals surface area contributed by atoms with Gasteiger partial charge >= 0.3 is 5.97 Å². The number of amides is 2. The highest BCUT2D eigenvalue weighted by atomic mass is 16.6. The fourth-order valence-electron chi connectivity index (χ4n) is 2.11. The number of hydrogen-bond donors (Lipinski definition) is 1. The maximum atomic E-state index is 12.0. The lowest BCUT2D eigenvalue weighted by Gasteiger charge is -2.16. The van der Waals surface area contributed by atoms with E-state index in [4.69, 9.17) is 9.47 Å². The molecular formula is C18H20N2O5. The van der Waals surface area contributed by atoms with Gasteiger partial charge in [-0.1, -0.05) is 25.1 Å². The van der Waals surface area contributed by atoms with E-state index in [9.17, 15) is 14.4 Å². The van der Waals surface area contributed by atoms with Gasteiger partial charge in [-0.3, -0.25) is 14.9 Å². The highest BCUT2D eigenvalue weighted by Gasteiger charge is 2.22. The molecule has 0 saturated carbocycles. The molecule has 0 saturated heterocycles. The number of nitrogens with one attached hydrogen (secondary N) is 1. The Bertz CT molecular complexity index is 739. The summed E-state index contributed by atoms with van der Waals surface area (Å²) in [7, 11) is 1.69. The largest absolute Gasteiger partial charge is 0.479 e. The zero-order chi connectivity index (χ0) is 18.2. The third-order valence-corrected chi connectivity index (χ3v) is 3.43. The molecule has 1 atom stereocenters. The van der Waals surface area contributed by atoms with Crippen LogP contribution in [0.4, 0.5) is 0 Å². The number of aryl methyl sites for hydroxylation is 1. The molecule has 2 aromatic rings. The molecule has 1 aromatic carbocycles. The monoisotopic (exact) mass is 344 g/mol.